The molecule has 6 heteroatoms. The Labute approximate surface area is 143 Å². The van der Waals surface area contributed by atoms with Crippen molar-refractivity contribution >= 4 is 11.7 Å². The number of carbonyl (C=O) groups is 1. The predicted molar refractivity (Wildman–Crippen MR) is 92.4 cm³/mol. The summed E-state index contributed by atoms with van der Waals surface area (Å²) >= 11 is 0. The second kappa shape index (κ2) is 7.07. The van der Waals surface area contributed by atoms with Gasteiger partial charge in [0.05, 0.1) is 18.8 Å². The topological polar surface area (TPSA) is 57.7 Å². The van der Waals surface area contributed by atoms with Gasteiger partial charge in [0.25, 0.3) is 5.91 Å². The Morgan fingerprint density at radius 2 is 2.04 bits per heavy atom. The molecule has 0 spiro atoms. The molecular formula is C18H26N4O2. The van der Waals surface area contributed by atoms with Crippen LogP contribution >= 0.6 is 0 Å². The summed E-state index contributed by atoms with van der Waals surface area (Å²) < 4.78 is 5.41. The molecule has 2 atom stereocenters. The van der Waals surface area contributed by atoms with Crippen molar-refractivity contribution in [2.75, 3.05) is 44.3 Å². The third-order valence-electron chi connectivity index (χ3n) is 5.51. The number of nitrogens with one attached hydrogen (secondary N) is 1. The minimum atomic E-state index is 0.0158. The van der Waals surface area contributed by atoms with Crippen molar-refractivity contribution in [1.82, 2.24) is 15.2 Å². The summed E-state index contributed by atoms with van der Waals surface area (Å²) in [6.07, 6.45) is 6.60. The number of fused-ring (bicyclic) bond motifs is 1. The molecule has 0 saturated carbocycles. The van der Waals surface area contributed by atoms with Gasteiger partial charge in [0.1, 0.15) is 5.82 Å². The van der Waals surface area contributed by atoms with Gasteiger partial charge in [0.2, 0.25) is 0 Å². The smallest absolute Gasteiger partial charge is 0.255 e. The number of hydrogen-bond donors (Lipinski definition) is 1. The second-order valence-electron chi connectivity index (χ2n) is 6.94. The SMILES string of the molecule is O=C(N[C@H]1CCN2CCCC[C@@H]12)c1cccnc1N1CCOCC1. The van der Waals surface area contributed by atoms with Crippen LogP contribution in [0.5, 0.6) is 0 Å². The van der Waals surface area contributed by atoms with Crippen LogP contribution in [0.3, 0.4) is 0 Å². The molecule has 0 aliphatic carbocycles. The Morgan fingerprint density at radius 3 is 2.92 bits per heavy atom. The molecule has 3 aliphatic heterocycles. The second-order valence-corrected chi connectivity index (χ2v) is 6.94. The Hall–Kier alpha value is -1.66. The van der Waals surface area contributed by atoms with Crippen LogP contribution in [-0.2, 0) is 4.74 Å². The molecule has 4 rings (SSSR count). The standard InChI is InChI=1S/C18H26N4O2/c23-18(20-15-6-9-21-8-2-1-5-16(15)21)14-4-3-7-19-17(14)22-10-12-24-13-11-22/h3-4,7,15-16H,1-2,5-6,8-13H2,(H,20,23)/t15-,16-/m0/s1. The first-order valence-electron chi connectivity index (χ1n) is 9.15. The molecule has 0 aromatic carbocycles. The number of rotatable bonds is 3. The maximum atomic E-state index is 12.9. The summed E-state index contributed by atoms with van der Waals surface area (Å²) in [5.74, 6) is 0.804. The molecule has 0 bridgehead atoms. The highest BCUT2D eigenvalue weighted by Crippen LogP contribution is 2.28. The highest BCUT2D eigenvalue weighted by Gasteiger charge is 2.36. The lowest BCUT2D eigenvalue weighted by Gasteiger charge is -2.33. The lowest BCUT2D eigenvalue weighted by Crippen LogP contribution is -2.47. The Morgan fingerprint density at radius 1 is 1.17 bits per heavy atom. The van der Waals surface area contributed by atoms with Gasteiger partial charge in [-0.05, 0) is 37.9 Å². The molecule has 0 radical (unpaired) electrons. The van der Waals surface area contributed by atoms with Crippen molar-refractivity contribution in [3.05, 3.63) is 23.9 Å². The first kappa shape index (κ1) is 15.8. The molecule has 3 fully saturated rings. The molecular weight excluding hydrogens is 304 g/mol. The number of morpholine rings is 1. The summed E-state index contributed by atoms with van der Waals surface area (Å²) in [6, 6.07) is 4.53. The van der Waals surface area contributed by atoms with E-state index < -0.39 is 0 Å². The fraction of sp³-hybridized carbons (Fsp3) is 0.667. The third-order valence-corrected chi connectivity index (χ3v) is 5.51. The summed E-state index contributed by atoms with van der Waals surface area (Å²) in [5, 5.41) is 3.30. The fourth-order valence-corrected chi connectivity index (χ4v) is 4.26. The minimum Gasteiger partial charge on any atom is -0.378 e. The Balaban J connectivity index is 1.48. The van der Waals surface area contributed by atoms with Crippen LogP contribution in [0, 0.1) is 0 Å². The number of amides is 1. The summed E-state index contributed by atoms with van der Waals surface area (Å²) in [5.41, 5.74) is 0.689. The molecule has 0 unspecified atom stereocenters. The normalized spacial score (nSPS) is 27.8. The maximum absolute atomic E-state index is 12.9. The molecule has 1 aromatic heterocycles. The van der Waals surface area contributed by atoms with Gasteiger partial charge in [0, 0.05) is 37.9 Å². The van der Waals surface area contributed by atoms with E-state index in [1.165, 1.54) is 25.8 Å². The molecule has 1 N–H and O–H groups in total. The molecule has 3 aliphatic rings. The van der Waals surface area contributed by atoms with E-state index >= 15 is 0 Å². The van der Waals surface area contributed by atoms with Crippen molar-refractivity contribution in [1.29, 1.82) is 0 Å². The van der Waals surface area contributed by atoms with E-state index in [-0.39, 0.29) is 11.9 Å². The van der Waals surface area contributed by atoms with Gasteiger partial charge in [-0.25, -0.2) is 4.98 Å². The van der Waals surface area contributed by atoms with Gasteiger partial charge < -0.3 is 15.0 Å². The third kappa shape index (κ3) is 3.13. The quantitative estimate of drug-likeness (QED) is 0.905. The molecule has 130 valence electrons. The molecule has 3 saturated heterocycles. The number of carbonyl (C=O) groups excluding carboxylic acids is 1. The van der Waals surface area contributed by atoms with Gasteiger partial charge >= 0.3 is 0 Å². The average Bonchev–Trinajstić information content (AvgIpc) is 3.05. The van der Waals surface area contributed by atoms with Crippen LogP contribution in [0.1, 0.15) is 36.0 Å². The van der Waals surface area contributed by atoms with E-state index in [1.807, 2.05) is 12.1 Å². The minimum absolute atomic E-state index is 0.0158. The van der Waals surface area contributed by atoms with Crippen molar-refractivity contribution in [2.45, 2.75) is 37.8 Å². The molecule has 1 aromatic rings. The largest absolute Gasteiger partial charge is 0.378 e. The number of nitrogens with zero attached hydrogens (tertiary/aromatic N) is 3. The van der Waals surface area contributed by atoms with Crippen LogP contribution in [0.25, 0.3) is 0 Å². The van der Waals surface area contributed by atoms with Crippen LogP contribution in [0.15, 0.2) is 18.3 Å². The van der Waals surface area contributed by atoms with Crippen molar-refractivity contribution in [3.63, 3.8) is 0 Å². The predicted octanol–water partition coefficient (Wildman–Crippen LogP) is 1.27. The van der Waals surface area contributed by atoms with E-state index in [2.05, 4.69) is 20.1 Å². The van der Waals surface area contributed by atoms with Gasteiger partial charge in [-0.2, -0.15) is 0 Å². The monoisotopic (exact) mass is 330 g/mol. The van der Waals surface area contributed by atoms with Crippen LogP contribution in [0.2, 0.25) is 0 Å². The van der Waals surface area contributed by atoms with Gasteiger partial charge in [-0.3, -0.25) is 9.69 Å². The van der Waals surface area contributed by atoms with Crippen LogP contribution in [0.4, 0.5) is 5.82 Å². The number of piperidine rings is 1. The van der Waals surface area contributed by atoms with Gasteiger partial charge in [0.15, 0.2) is 0 Å². The number of aromatic nitrogens is 1. The van der Waals surface area contributed by atoms with E-state index in [1.54, 1.807) is 6.20 Å². The summed E-state index contributed by atoms with van der Waals surface area (Å²) in [4.78, 5) is 22.1. The number of pyridine rings is 1. The molecule has 6 nitrogen and oxygen atoms in total. The number of hydrogen-bond acceptors (Lipinski definition) is 5. The fourth-order valence-electron chi connectivity index (χ4n) is 4.26. The first-order valence-corrected chi connectivity index (χ1v) is 9.15. The molecule has 4 heterocycles. The lowest BCUT2D eigenvalue weighted by atomic mass is 9.99. The van der Waals surface area contributed by atoms with Crippen molar-refractivity contribution in [3.8, 4) is 0 Å². The van der Waals surface area contributed by atoms with E-state index in [0.29, 0.717) is 24.8 Å². The zero-order chi connectivity index (χ0) is 16.4. The highest BCUT2D eigenvalue weighted by atomic mass is 16.5. The van der Waals surface area contributed by atoms with E-state index in [0.717, 1.165) is 31.9 Å². The van der Waals surface area contributed by atoms with E-state index in [9.17, 15) is 4.79 Å². The first-order chi connectivity index (χ1) is 11.8. The van der Waals surface area contributed by atoms with Crippen LogP contribution in [-0.4, -0.2) is 67.3 Å². The van der Waals surface area contributed by atoms with Crippen molar-refractivity contribution in [2.24, 2.45) is 0 Å². The zero-order valence-corrected chi connectivity index (χ0v) is 14.1. The maximum Gasteiger partial charge on any atom is 0.255 e. The van der Waals surface area contributed by atoms with Gasteiger partial charge in [-0.15, -0.1) is 0 Å². The lowest BCUT2D eigenvalue weighted by molar-refractivity contribution is 0.0913. The number of anilines is 1. The summed E-state index contributed by atoms with van der Waals surface area (Å²) in [6.45, 7) is 5.25. The molecule has 24 heavy (non-hydrogen) atoms. The van der Waals surface area contributed by atoms with Crippen LogP contribution < -0.4 is 10.2 Å². The zero-order valence-electron chi connectivity index (χ0n) is 14.1. The Kier molecular flexibility index (Phi) is 4.67. The average molecular weight is 330 g/mol. The summed E-state index contributed by atoms with van der Waals surface area (Å²) in [7, 11) is 0. The molecule has 1 amide bonds. The van der Waals surface area contributed by atoms with Crippen molar-refractivity contribution < 1.29 is 9.53 Å². The van der Waals surface area contributed by atoms with E-state index in [4.69, 9.17) is 4.74 Å². The van der Waals surface area contributed by atoms with Gasteiger partial charge in [-0.1, -0.05) is 6.42 Å². The Bertz CT molecular complexity index is 588. The highest BCUT2D eigenvalue weighted by molar-refractivity contribution is 5.99. The number of ether oxygens (including phenoxy) is 1.